The molecule has 0 aliphatic carbocycles. The highest BCUT2D eigenvalue weighted by atomic mass is 19.1. The predicted molar refractivity (Wildman–Crippen MR) is 74.3 cm³/mol. The summed E-state index contributed by atoms with van der Waals surface area (Å²) in [6.07, 6.45) is 2.02. The average Bonchev–Trinajstić information content (AvgIpc) is 2.96. The van der Waals surface area contributed by atoms with E-state index in [2.05, 4.69) is 15.6 Å². The van der Waals surface area contributed by atoms with Crippen LogP contribution in [0.4, 0.5) is 8.78 Å². The van der Waals surface area contributed by atoms with Crippen LogP contribution in [0.15, 0.2) is 24.4 Å². The normalized spacial score (nSPS) is 10.7. The molecule has 1 heterocycles. The van der Waals surface area contributed by atoms with Crippen molar-refractivity contribution in [2.75, 3.05) is 20.3 Å². The van der Waals surface area contributed by atoms with Crippen LogP contribution in [0.25, 0.3) is 0 Å². The van der Waals surface area contributed by atoms with Gasteiger partial charge in [0.05, 0.1) is 12.7 Å². The first-order chi connectivity index (χ1) is 10.6. The van der Waals surface area contributed by atoms with E-state index < -0.39 is 17.5 Å². The molecule has 0 spiro atoms. The van der Waals surface area contributed by atoms with Crippen molar-refractivity contribution in [1.82, 2.24) is 20.3 Å². The summed E-state index contributed by atoms with van der Waals surface area (Å²) in [6, 6.07) is 3.62. The maximum Gasteiger partial charge on any atom is 0.273 e. The number of hydrogen-bond donors (Lipinski definition) is 1. The van der Waals surface area contributed by atoms with Crippen LogP contribution < -0.4 is 5.32 Å². The lowest BCUT2D eigenvalue weighted by atomic mass is 10.2. The standard InChI is InChI=1S/C14H16F2N4O2/c1-22-7-3-6-17-14(21)13-9-20(19-18-13)8-10-11(15)4-2-5-12(10)16/h2,4-5,9H,3,6-8H2,1H3,(H,17,21). The van der Waals surface area contributed by atoms with Gasteiger partial charge in [0.1, 0.15) is 11.6 Å². The van der Waals surface area contributed by atoms with Gasteiger partial charge >= 0.3 is 0 Å². The smallest absolute Gasteiger partial charge is 0.273 e. The molecule has 0 bridgehead atoms. The molecule has 1 aromatic heterocycles. The Labute approximate surface area is 126 Å². The van der Waals surface area contributed by atoms with Crippen molar-refractivity contribution in [1.29, 1.82) is 0 Å². The Morgan fingerprint density at radius 3 is 2.77 bits per heavy atom. The molecule has 0 aliphatic rings. The molecule has 0 fully saturated rings. The number of amides is 1. The first-order valence-corrected chi connectivity index (χ1v) is 6.72. The molecule has 1 amide bonds. The Hall–Kier alpha value is -2.35. The quantitative estimate of drug-likeness (QED) is 0.784. The number of nitrogens with one attached hydrogen (secondary N) is 1. The van der Waals surface area contributed by atoms with E-state index in [-0.39, 0.29) is 17.8 Å². The van der Waals surface area contributed by atoms with Crippen LogP contribution in [0.3, 0.4) is 0 Å². The third-order valence-electron chi connectivity index (χ3n) is 2.96. The van der Waals surface area contributed by atoms with Gasteiger partial charge in [0.15, 0.2) is 5.69 Å². The average molecular weight is 310 g/mol. The van der Waals surface area contributed by atoms with Crippen molar-refractivity contribution in [2.45, 2.75) is 13.0 Å². The van der Waals surface area contributed by atoms with Crippen LogP contribution in [-0.2, 0) is 11.3 Å². The van der Waals surface area contributed by atoms with Crippen molar-refractivity contribution < 1.29 is 18.3 Å². The van der Waals surface area contributed by atoms with Crippen molar-refractivity contribution in [2.24, 2.45) is 0 Å². The molecule has 1 aromatic carbocycles. The molecule has 2 aromatic rings. The minimum absolute atomic E-state index is 0.0918. The second kappa shape index (κ2) is 7.60. The number of hydrogen-bond acceptors (Lipinski definition) is 4. The second-order valence-corrected chi connectivity index (χ2v) is 4.60. The van der Waals surface area contributed by atoms with E-state index in [4.69, 9.17) is 4.74 Å². The molecular weight excluding hydrogens is 294 g/mol. The van der Waals surface area contributed by atoms with Gasteiger partial charge < -0.3 is 10.1 Å². The number of nitrogens with zero attached hydrogens (tertiary/aromatic N) is 3. The van der Waals surface area contributed by atoms with E-state index in [1.807, 2.05) is 0 Å². The molecule has 22 heavy (non-hydrogen) atoms. The van der Waals surface area contributed by atoms with E-state index in [1.165, 1.54) is 29.1 Å². The largest absolute Gasteiger partial charge is 0.385 e. The van der Waals surface area contributed by atoms with Crippen LogP contribution in [0.1, 0.15) is 22.5 Å². The van der Waals surface area contributed by atoms with Gasteiger partial charge in [-0.15, -0.1) is 5.10 Å². The number of benzene rings is 1. The molecular formula is C14H16F2N4O2. The number of rotatable bonds is 7. The lowest BCUT2D eigenvalue weighted by molar-refractivity contribution is 0.0943. The van der Waals surface area contributed by atoms with E-state index in [0.717, 1.165) is 0 Å². The minimum atomic E-state index is -0.666. The number of carbonyl (C=O) groups is 1. The third kappa shape index (κ3) is 4.08. The topological polar surface area (TPSA) is 69.0 Å². The Bertz CT molecular complexity index is 625. The van der Waals surface area contributed by atoms with E-state index >= 15 is 0 Å². The highest BCUT2D eigenvalue weighted by Gasteiger charge is 2.13. The van der Waals surface area contributed by atoms with Gasteiger partial charge in [0, 0.05) is 25.8 Å². The van der Waals surface area contributed by atoms with E-state index in [1.54, 1.807) is 7.11 Å². The fourth-order valence-electron chi connectivity index (χ4n) is 1.83. The second-order valence-electron chi connectivity index (χ2n) is 4.60. The van der Waals surface area contributed by atoms with Crippen LogP contribution >= 0.6 is 0 Å². The zero-order valence-electron chi connectivity index (χ0n) is 12.1. The molecule has 0 unspecified atom stereocenters. The summed E-state index contributed by atoms with van der Waals surface area (Å²) in [5, 5.41) is 10.1. The summed E-state index contributed by atoms with van der Waals surface area (Å²) in [7, 11) is 1.58. The Morgan fingerprint density at radius 2 is 2.09 bits per heavy atom. The van der Waals surface area contributed by atoms with Gasteiger partial charge in [-0.3, -0.25) is 4.79 Å². The van der Waals surface area contributed by atoms with Crippen molar-refractivity contribution in [3.63, 3.8) is 0 Å². The van der Waals surface area contributed by atoms with Gasteiger partial charge in [-0.1, -0.05) is 11.3 Å². The van der Waals surface area contributed by atoms with Gasteiger partial charge in [-0.25, -0.2) is 13.5 Å². The van der Waals surface area contributed by atoms with Crippen molar-refractivity contribution in [3.05, 3.63) is 47.3 Å². The lowest BCUT2D eigenvalue weighted by Gasteiger charge is -2.04. The van der Waals surface area contributed by atoms with Gasteiger partial charge in [0.25, 0.3) is 5.91 Å². The first-order valence-electron chi connectivity index (χ1n) is 6.72. The molecule has 0 saturated heterocycles. The summed E-state index contributed by atoms with van der Waals surface area (Å²) in [5.41, 5.74) is -0.0337. The summed E-state index contributed by atoms with van der Waals surface area (Å²) < 4.78 is 33.2. The zero-order chi connectivity index (χ0) is 15.9. The maximum absolute atomic E-state index is 13.5. The van der Waals surface area contributed by atoms with Crippen molar-refractivity contribution in [3.8, 4) is 0 Å². The Morgan fingerprint density at radius 1 is 1.36 bits per heavy atom. The van der Waals surface area contributed by atoms with Crippen molar-refractivity contribution >= 4 is 5.91 Å². The fraction of sp³-hybridized carbons (Fsp3) is 0.357. The van der Waals surface area contributed by atoms with E-state index in [9.17, 15) is 13.6 Å². The SMILES string of the molecule is COCCCNC(=O)c1cn(Cc2c(F)cccc2F)nn1. The summed E-state index contributed by atoms with van der Waals surface area (Å²) >= 11 is 0. The molecule has 2 rings (SSSR count). The summed E-state index contributed by atoms with van der Waals surface area (Å²) in [5.74, 6) is -1.72. The van der Waals surface area contributed by atoms with Crippen LogP contribution in [-0.4, -0.2) is 41.2 Å². The predicted octanol–water partition coefficient (Wildman–Crippen LogP) is 1.37. The molecule has 0 atom stereocenters. The number of methoxy groups -OCH3 is 1. The third-order valence-corrected chi connectivity index (χ3v) is 2.96. The number of aromatic nitrogens is 3. The number of ether oxygens (including phenoxy) is 1. The van der Waals surface area contributed by atoms with Gasteiger partial charge in [-0.2, -0.15) is 0 Å². The lowest BCUT2D eigenvalue weighted by Crippen LogP contribution is -2.25. The summed E-state index contributed by atoms with van der Waals surface area (Å²) in [6.45, 7) is 0.851. The number of carbonyl (C=O) groups excluding carboxylic acids is 1. The molecule has 0 radical (unpaired) electrons. The molecule has 118 valence electrons. The molecule has 1 N–H and O–H groups in total. The number of halogens is 2. The van der Waals surface area contributed by atoms with Crippen LogP contribution in [0.2, 0.25) is 0 Å². The minimum Gasteiger partial charge on any atom is -0.385 e. The fourth-order valence-corrected chi connectivity index (χ4v) is 1.83. The van der Waals surface area contributed by atoms with E-state index in [0.29, 0.717) is 19.6 Å². The van der Waals surface area contributed by atoms with Gasteiger partial charge in [0.2, 0.25) is 0 Å². The summed E-state index contributed by atoms with van der Waals surface area (Å²) in [4.78, 5) is 11.8. The molecule has 6 nitrogen and oxygen atoms in total. The Balaban J connectivity index is 1.98. The van der Waals surface area contributed by atoms with Gasteiger partial charge in [-0.05, 0) is 18.6 Å². The monoisotopic (exact) mass is 310 g/mol. The molecule has 8 heteroatoms. The highest BCUT2D eigenvalue weighted by molar-refractivity contribution is 5.91. The highest BCUT2D eigenvalue weighted by Crippen LogP contribution is 2.13. The molecule has 0 saturated carbocycles. The van der Waals surface area contributed by atoms with Crippen LogP contribution in [0, 0.1) is 11.6 Å². The zero-order valence-corrected chi connectivity index (χ0v) is 12.1. The first kappa shape index (κ1) is 16.0. The maximum atomic E-state index is 13.5. The van der Waals surface area contributed by atoms with Crippen LogP contribution in [0.5, 0.6) is 0 Å². The molecule has 0 aliphatic heterocycles. The Kier molecular flexibility index (Phi) is 5.54.